The van der Waals surface area contributed by atoms with E-state index < -0.39 is 0 Å². The predicted octanol–water partition coefficient (Wildman–Crippen LogP) is 3.98. The minimum atomic E-state index is 0.374. The Morgan fingerprint density at radius 2 is 2.29 bits per heavy atom. The van der Waals surface area contributed by atoms with Gasteiger partial charge in [0.05, 0.1) is 0 Å². The van der Waals surface area contributed by atoms with Crippen molar-refractivity contribution in [2.45, 2.75) is 45.3 Å². The van der Waals surface area contributed by atoms with Gasteiger partial charge in [0.15, 0.2) is 0 Å². The van der Waals surface area contributed by atoms with E-state index in [1.54, 1.807) is 11.3 Å². The van der Waals surface area contributed by atoms with E-state index in [1.807, 2.05) is 6.20 Å². The Morgan fingerprint density at radius 1 is 1.43 bits per heavy atom. The van der Waals surface area contributed by atoms with Gasteiger partial charge in [-0.25, -0.2) is 4.98 Å². The second kappa shape index (κ2) is 6.58. The first-order valence-corrected chi connectivity index (χ1v) is 8.69. The molecular formula is C17H23N3S. The molecule has 0 saturated heterocycles. The molecule has 1 saturated carbocycles. The average molecular weight is 301 g/mol. The Balaban J connectivity index is 1.80. The fourth-order valence-corrected chi connectivity index (χ4v) is 3.31. The number of rotatable bonds is 7. The second-order valence-electron chi connectivity index (χ2n) is 5.72. The third-order valence-corrected chi connectivity index (χ3v) is 4.73. The summed E-state index contributed by atoms with van der Waals surface area (Å²) in [6, 6.07) is 7.62. The van der Waals surface area contributed by atoms with Crippen molar-refractivity contribution in [1.29, 1.82) is 0 Å². The summed E-state index contributed by atoms with van der Waals surface area (Å²) in [6.07, 6.45) is 4.53. The molecule has 0 amide bonds. The van der Waals surface area contributed by atoms with E-state index in [2.05, 4.69) is 58.0 Å². The highest BCUT2D eigenvalue weighted by molar-refractivity contribution is 7.07. The Kier molecular flexibility index (Phi) is 4.56. The fraction of sp³-hybridized carbons (Fsp3) is 0.471. The Hall–Kier alpha value is -1.39. The average Bonchev–Trinajstić information content (AvgIpc) is 3.21. The summed E-state index contributed by atoms with van der Waals surface area (Å²) < 4.78 is 0. The molecule has 1 fully saturated rings. The smallest absolute Gasteiger partial charge is 0.129 e. The quantitative estimate of drug-likeness (QED) is 0.838. The molecule has 1 N–H and O–H groups in total. The van der Waals surface area contributed by atoms with Gasteiger partial charge in [-0.2, -0.15) is 11.3 Å². The molecule has 3 rings (SSSR count). The van der Waals surface area contributed by atoms with E-state index in [4.69, 9.17) is 0 Å². The van der Waals surface area contributed by atoms with Crippen LogP contribution in [0.3, 0.4) is 0 Å². The van der Waals surface area contributed by atoms with Crippen molar-refractivity contribution in [3.8, 4) is 0 Å². The molecule has 0 aliphatic heterocycles. The summed E-state index contributed by atoms with van der Waals surface area (Å²) in [5.41, 5.74) is 2.71. The lowest BCUT2D eigenvalue weighted by Crippen LogP contribution is -2.26. The summed E-state index contributed by atoms with van der Waals surface area (Å²) >= 11 is 1.77. The van der Waals surface area contributed by atoms with Crippen LogP contribution >= 0.6 is 11.3 Å². The van der Waals surface area contributed by atoms with Gasteiger partial charge in [0.25, 0.3) is 0 Å². The van der Waals surface area contributed by atoms with Gasteiger partial charge in [0, 0.05) is 24.8 Å². The van der Waals surface area contributed by atoms with Crippen LogP contribution < -0.4 is 10.2 Å². The first kappa shape index (κ1) is 14.5. The summed E-state index contributed by atoms with van der Waals surface area (Å²) in [5.74, 6) is 1.12. The maximum atomic E-state index is 4.63. The maximum Gasteiger partial charge on any atom is 0.129 e. The number of hydrogen-bond donors (Lipinski definition) is 1. The van der Waals surface area contributed by atoms with Crippen LogP contribution in [0, 0.1) is 0 Å². The molecule has 1 unspecified atom stereocenters. The van der Waals surface area contributed by atoms with E-state index in [1.165, 1.54) is 24.0 Å². The summed E-state index contributed by atoms with van der Waals surface area (Å²) in [4.78, 5) is 7.09. The molecule has 2 aromatic rings. The largest absolute Gasteiger partial charge is 0.349 e. The Morgan fingerprint density at radius 3 is 2.95 bits per heavy atom. The molecule has 1 aliphatic rings. The van der Waals surface area contributed by atoms with E-state index in [9.17, 15) is 0 Å². The maximum absolute atomic E-state index is 4.63. The number of thiophene rings is 1. The lowest BCUT2D eigenvalue weighted by molar-refractivity contribution is 0.597. The molecule has 112 valence electrons. The molecule has 21 heavy (non-hydrogen) atoms. The van der Waals surface area contributed by atoms with Gasteiger partial charge in [-0.1, -0.05) is 6.92 Å². The molecule has 2 aromatic heterocycles. The van der Waals surface area contributed by atoms with Crippen LogP contribution in [-0.2, 0) is 6.54 Å². The molecule has 3 nitrogen and oxygen atoms in total. The van der Waals surface area contributed by atoms with Crippen LogP contribution in [-0.4, -0.2) is 17.6 Å². The van der Waals surface area contributed by atoms with Gasteiger partial charge >= 0.3 is 0 Å². The van der Waals surface area contributed by atoms with E-state index in [0.717, 1.165) is 18.9 Å². The number of nitrogens with zero attached hydrogens (tertiary/aromatic N) is 2. The summed E-state index contributed by atoms with van der Waals surface area (Å²) in [7, 11) is 0. The van der Waals surface area contributed by atoms with Crippen molar-refractivity contribution in [3.63, 3.8) is 0 Å². The van der Waals surface area contributed by atoms with Crippen LogP contribution in [0.2, 0.25) is 0 Å². The van der Waals surface area contributed by atoms with Gasteiger partial charge in [0.1, 0.15) is 5.82 Å². The molecule has 1 aliphatic carbocycles. The van der Waals surface area contributed by atoms with Crippen LogP contribution in [0.15, 0.2) is 35.2 Å². The van der Waals surface area contributed by atoms with Crippen LogP contribution in [0.25, 0.3) is 0 Å². The molecule has 0 aromatic carbocycles. The Labute approximate surface area is 131 Å². The number of nitrogens with one attached hydrogen (secondary N) is 1. The van der Waals surface area contributed by atoms with Crippen molar-refractivity contribution < 1.29 is 0 Å². The number of aromatic nitrogens is 1. The zero-order valence-electron chi connectivity index (χ0n) is 12.7. The zero-order chi connectivity index (χ0) is 14.7. The van der Waals surface area contributed by atoms with Crippen LogP contribution in [0.5, 0.6) is 0 Å². The van der Waals surface area contributed by atoms with Gasteiger partial charge in [0.2, 0.25) is 0 Å². The van der Waals surface area contributed by atoms with Gasteiger partial charge in [-0.05, 0) is 66.4 Å². The predicted molar refractivity (Wildman–Crippen MR) is 89.9 cm³/mol. The first-order valence-electron chi connectivity index (χ1n) is 7.75. The lowest BCUT2D eigenvalue weighted by Gasteiger charge is -2.24. The normalized spacial score (nSPS) is 15.9. The zero-order valence-corrected chi connectivity index (χ0v) is 13.6. The van der Waals surface area contributed by atoms with Crippen LogP contribution in [0.1, 0.15) is 43.9 Å². The van der Waals surface area contributed by atoms with Crippen molar-refractivity contribution in [3.05, 3.63) is 46.3 Å². The molecule has 1 atom stereocenters. The summed E-state index contributed by atoms with van der Waals surface area (Å²) in [5, 5.41) is 7.86. The topological polar surface area (TPSA) is 28.2 Å². The van der Waals surface area contributed by atoms with Crippen molar-refractivity contribution in [2.75, 3.05) is 11.4 Å². The minimum Gasteiger partial charge on any atom is -0.349 e. The number of pyridine rings is 1. The lowest BCUT2D eigenvalue weighted by atomic mass is 10.1. The Bertz CT molecular complexity index is 563. The molecule has 0 spiro atoms. The molecule has 0 bridgehead atoms. The highest BCUT2D eigenvalue weighted by Gasteiger charge is 2.30. The fourth-order valence-electron chi connectivity index (χ4n) is 2.65. The summed E-state index contributed by atoms with van der Waals surface area (Å²) in [6.45, 7) is 6.31. The number of anilines is 1. The monoisotopic (exact) mass is 301 g/mol. The van der Waals surface area contributed by atoms with Crippen molar-refractivity contribution >= 4 is 17.2 Å². The van der Waals surface area contributed by atoms with E-state index >= 15 is 0 Å². The minimum absolute atomic E-state index is 0.374. The molecule has 0 radical (unpaired) electrons. The van der Waals surface area contributed by atoms with Crippen molar-refractivity contribution in [2.24, 2.45) is 0 Å². The highest BCUT2D eigenvalue weighted by Crippen LogP contribution is 2.33. The highest BCUT2D eigenvalue weighted by atomic mass is 32.1. The van der Waals surface area contributed by atoms with Gasteiger partial charge in [-0.3, -0.25) is 0 Å². The van der Waals surface area contributed by atoms with Gasteiger partial charge < -0.3 is 10.2 Å². The van der Waals surface area contributed by atoms with Crippen molar-refractivity contribution in [1.82, 2.24) is 10.3 Å². The number of hydrogen-bond acceptors (Lipinski definition) is 4. The second-order valence-corrected chi connectivity index (χ2v) is 6.50. The third-order valence-electron chi connectivity index (χ3n) is 3.99. The third kappa shape index (κ3) is 3.63. The van der Waals surface area contributed by atoms with E-state index in [-0.39, 0.29) is 0 Å². The standard InChI is InChI=1S/C17H23N3S/c1-3-18-13(2)15-6-8-19-17(10-15)20(16-4-5-16)11-14-7-9-21-12-14/h6-10,12-13,16,18H,3-5,11H2,1-2H3. The van der Waals surface area contributed by atoms with E-state index in [0.29, 0.717) is 12.1 Å². The first-order chi connectivity index (χ1) is 10.3. The molecule has 4 heteroatoms. The SMILES string of the molecule is CCNC(C)c1ccnc(N(Cc2ccsc2)C2CC2)c1. The molecular weight excluding hydrogens is 278 g/mol. The molecule has 2 heterocycles. The van der Waals surface area contributed by atoms with Crippen LogP contribution in [0.4, 0.5) is 5.82 Å². The van der Waals surface area contributed by atoms with Gasteiger partial charge in [-0.15, -0.1) is 0 Å².